The Morgan fingerprint density at radius 2 is 1.75 bits per heavy atom. The van der Waals surface area contributed by atoms with Crippen LogP contribution in [-0.4, -0.2) is 15.5 Å². The molecule has 0 aliphatic heterocycles. The van der Waals surface area contributed by atoms with Crippen molar-refractivity contribution in [2.45, 2.75) is 6.54 Å². The highest BCUT2D eigenvalue weighted by atomic mass is 35.5. The van der Waals surface area contributed by atoms with E-state index in [9.17, 15) is 4.79 Å². The largest absolute Gasteiger partial charge is 0.457 e. The predicted molar refractivity (Wildman–Crippen MR) is 122 cm³/mol. The first-order valence-electron chi connectivity index (χ1n) is 9.57. The zero-order valence-corrected chi connectivity index (χ0v) is 18.1. The van der Waals surface area contributed by atoms with Crippen LogP contribution in [0.3, 0.4) is 0 Å². The third kappa shape index (κ3) is 4.92. The number of amides is 1. The van der Waals surface area contributed by atoms with Crippen molar-refractivity contribution >= 4 is 29.1 Å². The quantitative estimate of drug-likeness (QED) is 0.394. The van der Waals surface area contributed by atoms with E-state index in [0.717, 1.165) is 5.56 Å². The molecule has 0 saturated carbocycles. The van der Waals surface area contributed by atoms with Crippen molar-refractivity contribution < 1.29 is 9.53 Å². The van der Waals surface area contributed by atoms with E-state index in [-0.39, 0.29) is 5.91 Å². The van der Waals surface area contributed by atoms with E-state index in [1.807, 2.05) is 24.3 Å². The molecule has 0 fully saturated rings. The second-order valence-corrected chi connectivity index (χ2v) is 7.63. The third-order valence-corrected chi connectivity index (χ3v) is 5.08. The van der Waals surface area contributed by atoms with Gasteiger partial charge in [0.05, 0.1) is 21.7 Å². The molecule has 2 aromatic heterocycles. The summed E-state index contributed by atoms with van der Waals surface area (Å²) in [6.07, 6.45) is 3.19. The van der Waals surface area contributed by atoms with E-state index in [2.05, 4.69) is 16.4 Å². The fourth-order valence-corrected chi connectivity index (χ4v) is 3.49. The van der Waals surface area contributed by atoms with Gasteiger partial charge in [-0.3, -0.25) is 9.36 Å². The molecule has 4 rings (SSSR count). The summed E-state index contributed by atoms with van der Waals surface area (Å²) in [4.78, 5) is 17.0. The van der Waals surface area contributed by atoms with Crippen LogP contribution in [0, 0.1) is 11.3 Å². The van der Waals surface area contributed by atoms with Crippen molar-refractivity contribution in [2.24, 2.45) is 0 Å². The summed E-state index contributed by atoms with van der Waals surface area (Å²) < 4.78 is 7.39. The average Bonchev–Trinajstić information content (AvgIpc) is 3.28. The summed E-state index contributed by atoms with van der Waals surface area (Å²) in [6.45, 7) is 0.336. The van der Waals surface area contributed by atoms with E-state index >= 15 is 0 Å². The summed E-state index contributed by atoms with van der Waals surface area (Å²) in [5.74, 6) is 1.46. The van der Waals surface area contributed by atoms with E-state index in [1.165, 1.54) is 6.20 Å². The van der Waals surface area contributed by atoms with Crippen LogP contribution in [0.25, 0.3) is 5.82 Å². The summed E-state index contributed by atoms with van der Waals surface area (Å²) in [5.41, 5.74) is 1.89. The molecule has 158 valence electrons. The molecular weight excluding hydrogens is 447 g/mol. The van der Waals surface area contributed by atoms with Crippen LogP contribution in [0.15, 0.2) is 79.1 Å². The number of ether oxygens (including phenoxy) is 1. The minimum atomic E-state index is -0.263. The first-order valence-corrected chi connectivity index (χ1v) is 10.3. The highest BCUT2D eigenvalue weighted by molar-refractivity contribution is 6.35. The van der Waals surface area contributed by atoms with E-state index in [4.69, 9.17) is 33.2 Å². The number of nitrogens with zero attached hydrogens (tertiary/aromatic N) is 3. The van der Waals surface area contributed by atoms with Gasteiger partial charge in [0.1, 0.15) is 17.2 Å². The van der Waals surface area contributed by atoms with Crippen LogP contribution < -0.4 is 10.1 Å². The Labute approximate surface area is 194 Å². The lowest BCUT2D eigenvalue weighted by Gasteiger charge is -2.11. The van der Waals surface area contributed by atoms with Gasteiger partial charge in [-0.1, -0.05) is 35.3 Å². The summed E-state index contributed by atoms with van der Waals surface area (Å²) in [6, 6.07) is 21.3. The monoisotopic (exact) mass is 462 g/mol. The molecule has 1 amide bonds. The molecule has 0 saturated heterocycles. The molecule has 8 heteroatoms. The second-order valence-electron chi connectivity index (χ2n) is 6.79. The number of rotatable bonds is 6. The summed E-state index contributed by atoms with van der Waals surface area (Å²) in [5, 5.41) is 12.5. The number of carbonyl (C=O) groups excluding carboxylic acids is 1. The molecule has 4 aromatic rings. The molecular formula is C24H16Cl2N4O2. The Kier molecular flexibility index (Phi) is 6.41. The molecule has 2 aromatic carbocycles. The maximum Gasteiger partial charge on any atom is 0.268 e. The standard InChI is InChI=1S/C24H16Cl2N4O2/c25-18-12-21(26)23(28-15-18)30-11-1-2-22(30)24(31)29-14-17-5-9-20(10-6-17)32-19-7-3-16(13-27)4-8-19/h1-12,15H,14H2,(H,29,31). The average molecular weight is 463 g/mol. The van der Waals surface area contributed by atoms with Crippen LogP contribution in [0.4, 0.5) is 0 Å². The fraction of sp³-hybridized carbons (Fsp3) is 0.0417. The molecule has 0 aliphatic carbocycles. The van der Waals surface area contributed by atoms with E-state index in [1.54, 1.807) is 53.2 Å². The Morgan fingerprint density at radius 1 is 1.06 bits per heavy atom. The molecule has 6 nitrogen and oxygen atoms in total. The van der Waals surface area contributed by atoms with Crippen LogP contribution in [-0.2, 0) is 6.54 Å². The lowest BCUT2D eigenvalue weighted by Crippen LogP contribution is -2.25. The van der Waals surface area contributed by atoms with Crippen LogP contribution in [0.2, 0.25) is 10.0 Å². The number of pyridine rings is 1. The SMILES string of the molecule is N#Cc1ccc(Oc2ccc(CNC(=O)c3cccn3-c3ncc(Cl)cc3Cl)cc2)cc1. The van der Waals surface area contributed by atoms with Gasteiger partial charge in [0.2, 0.25) is 0 Å². The second kappa shape index (κ2) is 9.56. The lowest BCUT2D eigenvalue weighted by atomic mass is 10.2. The predicted octanol–water partition coefficient (Wildman–Crippen LogP) is 5.77. The van der Waals surface area contributed by atoms with Gasteiger partial charge in [0.15, 0.2) is 5.82 Å². The number of nitriles is 1. The fourth-order valence-electron chi connectivity index (χ4n) is 3.02. The van der Waals surface area contributed by atoms with Crippen molar-refractivity contribution in [1.29, 1.82) is 5.26 Å². The first-order chi connectivity index (χ1) is 15.5. The number of hydrogen-bond acceptors (Lipinski definition) is 4. The molecule has 2 heterocycles. The van der Waals surface area contributed by atoms with Crippen LogP contribution in [0.1, 0.15) is 21.6 Å². The van der Waals surface area contributed by atoms with Gasteiger partial charge in [-0.05, 0) is 60.2 Å². The third-order valence-electron chi connectivity index (χ3n) is 4.59. The molecule has 32 heavy (non-hydrogen) atoms. The van der Waals surface area contributed by atoms with Crippen LogP contribution >= 0.6 is 23.2 Å². The maximum atomic E-state index is 12.7. The highest BCUT2D eigenvalue weighted by Crippen LogP contribution is 2.24. The minimum absolute atomic E-state index is 0.263. The van der Waals surface area contributed by atoms with Gasteiger partial charge in [-0.25, -0.2) is 4.98 Å². The van der Waals surface area contributed by atoms with Gasteiger partial charge in [-0.15, -0.1) is 0 Å². The minimum Gasteiger partial charge on any atom is -0.457 e. The lowest BCUT2D eigenvalue weighted by molar-refractivity contribution is 0.0944. The molecule has 1 N–H and O–H groups in total. The molecule has 0 unspecified atom stereocenters. The van der Waals surface area contributed by atoms with Crippen molar-refractivity contribution in [1.82, 2.24) is 14.9 Å². The zero-order chi connectivity index (χ0) is 22.5. The van der Waals surface area contributed by atoms with Crippen molar-refractivity contribution in [3.8, 4) is 23.4 Å². The Morgan fingerprint density at radius 3 is 2.41 bits per heavy atom. The molecule has 0 radical (unpaired) electrons. The molecule has 0 aliphatic rings. The maximum absolute atomic E-state index is 12.7. The molecule has 0 atom stereocenters. The number of benzene rings is 2. The normalized spacial score (nSPS) is 10.4. The van der Waals surface area contributed by atoms with Gasteiger partial charge < -0.3 is 10.1 Å². The Hall–Kier alpha value is -3.79. The molecule has 0 spiro atoms. The number of nitrogens with one attached hydrogen (secondary N) is 1. The van der Waals surface area contributed by atoms with Gasteiger partial charge in [0.25, 0.3) is 5.91 Å². The molecule has 0 bridgehead atoms. The van der Waals surface area contributed by atoms with E-state index < -0.39 is 0 Å². The van der Waals surface area contributed by atoms with Gasteiger partial charge >= 0.3 is 0 Å². The summed E-state index contributed by atoms with van der Waals surface area (Å²) in [7, 11) is 0. The number of hydrogen-bond donors (Lipinski definition) is 1. The highest BCUT2D eigenvalue weighted by Gasteiger charge is 2.15. The topological polar surface area (TPSA) is 79.9 Å². The smallest absolute Gasteiger partial charge is 0.268 e. The van der Waals surface area contributed by atoms with Gasteiger partial charge in [-0.2, -0.15) is 5.26 Å². The Bertz CT molecular complexity index is 1290. The van der Waals surface area contributed by atoms with Crippen molar-refractivity contribution in [3.63, 3.8) is 0 Å². The summed E-state index contributed by atoms with van der Waals surface area (Å²) >= 11 is 12.1. The van der Waals surface area contributed by atoms with Gasteiger partial charge in [0, 0.05) is 18.9 Å². The first kappa shape index (κ1) is 21.4. The zero-order valence-electron chi connectivity index (χ0n) is 16.6. The number of carbonyl (C=O) groups is 1. The van der Waals surface area contributed by atoms with Crippen molar-refractivity contribution in [2.75, 3.05) is 0 Å². The number of halogens is 2. The number of aromatic nitrogens is 2. The van der Waals surface area contributed by atoms with Crippen LogP contribution in [0.5, 0.6) is 11.5 Å². The van der Waals surface area contributed by atoms with Crippen molar-refractivity contribution in [3.05, 3.63) is 106 Å². The Balaban J connectivity index is 1.39. The van der Waals surface area contributed by atoms with E-state index in [0.29, 0.717) is 45.2 Å².